The summed E-state index contributed by atoms with van der Waals surface area (Å²) in [6.45, 7) is 4.90. The maximum Gasteiger partial charge on any atom is 0.130 e. The minimum Gasteiger partial charge on any atom is -0.336 e. The highest BCUT2D eigenvalue weighted by Crippen LogP contribution is 2.22. The van der Waals surface area contributed by atoms with Gasteiger partial charge >= 0.3 is 0 Å². The average Bonchev–Trinajstić information content (AvgIpc) is 2.96. The molecule has 2 aromatic carbocycles. The molecule has 0 saturated carbocycles. The van der Waals surface area contributed by atoms with E-state index in [0.29, 0.717) is 6.54 Å². The van der Waals surface area contributed by atoms with E-state index in [2.05, 4.69) is 42.3 Å². The molecule has 1 N–H and O–H groups in total. The summed E-state index contributed by atoms with van der Waals surface area (Å²) in [5, 5.41) is 3.53. The number of halogens is 1. The molecule has 1 heterocycles. The highest BCUT2D eigenvalue weighted by molar-refractivity contribution is 5.31. The van der Waals surface area contributed by atoms with Gasteiger partial charge in [-0.15, -0.1) is 0 Å². The lowest BCUT2D eigenvalue weighted by Crippen LogP contribution is -2.25. The fourth-order valence-corrected chi connectivity index (χ4v) is 2.96. The summed E-state index contributed by atoms with van der Waals surface area (Å²) < 4.78 is 15.6. The van der Waals surface area contributed by atoms with Gasteiger partial charge in [0, 0.05) is 26.0 Å². The molecule has 0 bridgehead atoms. The number of hydrogen-bond donors (Lipinski definition) is 1. The summed E-state index contributed by atoms with van der Waals surface area (Å²) in [5.74, 6) is 0.630. The highest BCUT2D eigenvalue weighted by Gasteiger charge is 2.18. The van der Waals surface area contributed by atoms with Gasteiger partial charge in [0.25, 0.3) is 0 Å². The second kappa shape index (κ2) is 6.97. The second-order valence-electron chi connectivity index (χ2n) is 6.20. The number of aryl methyl sites for hydroxylation is 3. The molecule has 24 heavy (non-hydrogen) atoms. The number of nitrogens with one attached hydrogen (secondary N) is 1. The van der Waals surface area contributed by atoms with Crippen LogP contribution in [0, 0.1) is 19.7 Å². The molecule has 1 atom stereocenters. The molecule has 124 valence electrons. The number of rotatable bonds is 5. The minimum absolute atomic E-state index is 0.165. The fourth-order valence-electron chi connectivity index (χ4n) is 2.96. The fraction of sp³-hybridized carbons (Fsp3) is 0.250. The number of benzene rings is 2. The Bertz CT molecular complexity index is 838. The Kier molecular flexibility index (Phi) is 4.76. The smallest absolute Gasteiger partial charge is 0.130 e. The first-order valence-electron chi connectivity index (χ1n) is 8.07. The Balaban J connectivity index is 1.89. The van der Waals surface area contributed by atoms with E-state index >= 15 is 0 Å². The molecule has 4 heteroatoms. The molecule has 0 fully saturated rings. The van der Waals surface area contributed by atoms with Crippen molar-refractivity contribution >= 4 is 0 Å². The molecule has 0 aliphatic heterocycles. The van der Waals surface area contributed by atoms with Gasteiger partial charge in [0.05, 0.1) is 6.04 Å². The Labute approximate surface area is 142 Å². The molecule has 1 aromatic heterocycles. The number of nitrogens with zero attached hydrogens (tertiary/aromatic N) is 2. The van der Waals surface area contributed by atoms with Crippen LogP contribution in [0.1, 0.15) is 34.1 Å². The van der Waals surface area contributed by atoms with Crippen LogP contribution in [-0.2, 0) is 13.6 Å². The molecule has 3 rings (SSSR count). The van der Waals surface area contributed by atoms with Gasteiger partial charge < -0.3 is 4.57 Å². The Morgan fingerprint density at radius 1 is 1.17 bits per heavy atom. The van der Waals surface area contributed by atoms with E-state index < -0.39 is 0 Å². The summed E-state index contributed by atoms with van der Waals surface area (Å²) in [6, 6.07) is 12.9. The largest absolute Gasteiger partial charge is 0.336 e. The van der Waals surface area contributed by atoms with Crippen LogP contribution in [0.25, 0.3) is 0 Å². The molecule has 0 unspecified atom stereocenters. The Hall–Kier alpha value is -2.46. The molecule has 0 amide bonds. The quantitative estimate of drug-likeness (QED) is 0.767. The zero-order valence-corrected chi connectivity index (χ0v) is 14.3. The number of hydrogen-bond acceptors (Lipinski definition) is 2. The molecule has 3 nitrogen and oxygen atoms in total. The van der Waals surface area contributed by atoms with Crippen LogP contribution < -0.4 is 5.32 Å². The average molecular weight is 323 g/mol. The second-order valence-corrected chi connectivity index (χ2v) is 6.20. The van der Waals surface area contributed by atoms with Crippen molar-refractivity contribution in [3.8, 4) is 0 Å². The molecular weight excluding hydrogens is 301 g/mol. The summed E-state index contributed by atoms with van der Waals surface area (Å²) in [6.07, 6.45) is 3.67. The maximum atomic E-state index is 13.7. The van der Waals surface area contributed by atoms with E-state index in [9.17, 15) is 4.39 Å². The van der Waals surface area contributed by atoms with Crippen molar-refractivity contribution in [1.29, 1.82) is 0 Å². The first kappa shape index (κ1) is 16.4. The van der Waals surface area contributed by atoms with Gasteiger partial charge in [0.15, 0.2) is 0 Å². The highest BCUT2D eigenvalue weighted by atomic mass is 19.1. The van der Waals surface area contributed by atoms with E-state index in [1.807, 2.05) is 23.9 Å². The third-order valence-corrected chi connectivity index (χ3v) is 4.29. The standard InChI is InChI=1S/C20H22FN3/c1-14-7-8-17(15(2)11-14)13-23-19(20-22-9-10-24(20)3)16-5-4-6-18(21)12-16/h4-12,19,23H,13H2,1-3H3/t19-/m1/s1. The molecular formula is C20H22FN3. The van der Waals surface area contributed by atoms with Gasteiger partial charge in [0.2, 0.25) is 0 Å². The summed E-state index contributed by atoms with van der Waals surface area (Å²) >= 11 is 0. The molecule has 0 radical (unpaired) electrons. The minimum atomic E-state index is -0.236. The van der Waals surface area contributed by atoms with Crippen molar-refractivity contribution < 1.29 is 4.39 Å². The van der Waals surface area contributed by atoms with Gasteiger partial charge in [-0.25, -0.2) is 9.37 Å². The summed E-state index contributed by atoms with van der Waals surface area (Å²) in [5.41, 5.74) is 4.60. The first-order valence-corrected chi connectivity index (χ1v) is 8.07. The van der Waals surface area contributed by atoms with Crippen molar-refractivity contribution in [2.45, 2.75) is 26.4 Å². The number of aromatic nitrogens is 2. The normalized spacial score (nSPS) is 12.3. The van der Waals surface area contributed by atoms with E-state index in [4.69, 9.17) is 0 Å². The predicted molar refractivity (Wildman–Crippen MR) is 94.2 cm³/mol. The molecule has 0 aliphatic rings. The monoisotopic (exact) mass is 323 g/mol. The summed E-state index contributed by atoms with van der Waals surface area (Å²) in [7, 11) is 1.95. The zero-order chi connectivity index (χ0) is 17.1. The van der Waals surface area contributed by atoms with Crippen molar-refractivity contribution in [3.63, 3.8) is 0 Å². The lowest BCUT2D eigenvalue weighted by molar-refractivity contribution is 0.550. The molecule has 3 aromatic rings. The zero-order valence-electron chi connectivity index (χ0n) is 14.3. The van der Waals surface area contributed by atoms with Crippen LogP contribution in [0.4, 0.5) is 4.39 Å². The summed E-state index contributed by atoms with van der Waals surface area (Å²) in [4.78, 5) is 4.45. The van der Waals surface area contributed by atoms with Crippen molar-refractivity contribution in [2.75, 3.05) is 0 Å². The van der Waals surface area contributed by atoms with E-state index in [1.165, 1.54) is 22.8 Å². The number of imidazole rings is 1. The topological polar surface area (TPSA) is 29.9 Å². The van der Waals surface area contributed by atoms with Crippen molar-refractivity contribution in [1.82, 2.24) is 14.9 Å². The van der Waals surface area contributed by atoms with Gasteiger partial charge in [-0.2, -0.15) is 0 Å². The lowest BCUT2D eigenvalue weighted by atomic mass is 10.0. The maximum absolute atomic E-state index is 13.7. The first-order chi connectivity index (χ1) is 11.5. The van der Waals surface area contributed by atoms with E-state index in [0.717, 1.165) is 11.4 Å². The van der Waals surface area contributed by atoms with Crippen LogP contribution in [-0.4, -0.2) is 9.55 Å². The van der Waals surface area contributed by atoms with Gasteiger partial charge in [-0.3, -0.25) is 5.32 Å². The lowest BCUT2D eigenvalue weighted by Gasteiger charge is -2.20. The Morgan fingerprint density at radius 2 is 2.00 bits per heavy atom. The van der Waals surface area contributed by atoms with E-state index in [-0.39, 0.29) is 11.9 Å². The van der Waals surface area contributed by atoms with Crippen molar-refractivity contribution in [2.24, 2.45) is 7.05 Å². The van der Waals surface area contributed by atoms with Crippen LogP contribution in [0.3, 0.4) is 0 Å². The van der Waals surface area contributed by atoms with Crippen molar-refractivity contribution in [3.05, 3.63) is 88.8 Å². The predicted octanol–water partition coefficient (Wildman–Crippen LogP) is 4.06. The van der Waals surface area contributed by atoms with Crippen LogP contribution in [0.2, 0.25) is 0 Å². The van der Waals surface area contributed by atoms with E-state index in [1.54, 1.807) is 18.3 Å². The molecule has 0 saturated heterocycles. The van der Waals surface area contributed by atoms with Crippen LogP contribution in [0.5, 0.6) is 0 Å². The third kappa shape index (κ3) is 3.54. The molecule has 0 spiro atoms. The van der Waals surface area contributed by atoms with Crippen LogP contribution >= 0.6 is 0 Å². The van der Waals surface area contributed by atoms with Gasteiger partial charge in [-0.1, -0.05) is 35.9 Å². The van der Waals surface area contributed by atoms with Gasteiger partial charge in [0.1, 0.15) is 11.6 Å². The molecule has 0 aliphatic carbocycles. The SMILES string of the molecule is Cc1ccc(CN[C@H](c2cccc(F)c2)c2nccn2C)c(C)c1. The third-order valence-electron chi connectivity index (χ3n) is 4.29. The van der Waals surface area contributed by atoms with Crippen LogP contribution in [0.15, 0.2) is 54.9 Å². The van der Waals surface area contributed by atoms with Gasteiger partial charge in [-0.05, 0) is 42.7 Å². The Morgan fingerprint density at radius 3 is 2.67 bits per heavy atom.